The summed E-state index contributed by atoms with van der Waals surface area (Å²) in [5.74, 6) is 0.420. The fourth-order valence-corrected chi connectivity index (χ4v) is 3.02. The summed E-state index contributed by atoms with van der Waals surface area (Å²) in [5.41, 5.74) is 6.55. The van der Waals surface area contributed by atoms with Crippen LogP contribution < -0.4 is 10.2 Å². The third-order valence-corrected chi connectivity index (χ3v) is 4.38. The number of rotatable bonds is 5. The van der Waals surface area contributed by atoms with Crippen molar-refractivity contribution in [2.75, 3.05) is 6.61 Å². The van der Waals surface area contributed by atoms with Crippen LogP contribution in [0.25, 0.3) is 10.9 Å². The molecule has 5 heteroatoms. The van der Waals surface area contributed by atoms with Gasteiger partial charge in [-0.2, -0.15) is 5.10 Å². The Hall–Kier alpha value is -3.08. The first-order valence-corrected chi connectivity index (χ1v) is 8.98. The van der Waals surface area contributed by atoms with Crippen molar-refractivity contribution in [3.8, 4) is 5.75 Å². The zero-order chi connectivity index (χ0) is 19.4. The van der Waals surface area contributed by atoms with Gasteiger partial charge in [0.1, 0.15) is 5.75 Å². The van der Waals surface area contributed by atoms with Gasteiger partial charge in [0.25, 0.3) is 5.91 Å². The number of hydrazone groups is 1. The Balaban J connectivity index is 1.62. The molecule has 1 heterocycles. The van der Waals surface area contributed by atoms with Crippen LogP contribution in [0, 0.1) is 6.92 Å². The number of fused-ring (bicyclic) bond motifs is 1. The van der Waals surface area contributed by atoms with E-state index in [1.54, 1.807) is 6.21 Å². The first-order chi connectivity index (χ1) is 12.9. The molecule has 3 aromatic rings. The summed E-state index contributed by atoms with van der Waals surface area (Å²) in [6.45, 7) is 8.24. The molecule has 0 fully saturated rings. The van der Waals surface area contributed by atoms with E-state index < -0.39 is 0 Å². The third-order valence-electron chi connectivity index (χ3n) is 4.38. The van der Waals surface area contributed by atoms with E-state index in [4.69, 9.17) is 4.74 Å². The molecule has 0 atom stereocenters. The highest BCUT2D eigenvalue weighted by Gasteiger charge is 2.18. The maximum absolute atomic E-state index is 12.1. The summed E-state index contributed by atoms with van der Waals surface area (Å²) >= 11 is 0. The van der Waals surface area contributed by atoms with Crippen molar-refractivity contribution in [3.05, 3.63) is 65.4 Å². The van der Waals surface area contributed by atoms with Crippen molar-refractivity contribution in [1.82, 2.24) is 10.4 Å². The van der Waals surface area contributed by atoms with Gasteiger partial charge in [0.05, 0.1) is 6.21 Å². The molecule has 0 aliphatic rings. The molecule has 0 saturated heterocycles. The van der Waals surface area contributed by atoms with E-state index in [0.29, 0.717) is 0 Å². The van der Waals surface area contributed by atoms with Crippen LogP contribution in [0.2, 0.25) is 0 Å². The molecule has 2 aromatic carbocycles. The standard InChI is InChI=1S/C22H25N3O2/c1-15-17(16-9-5-7-11-19(16)24-15)13-23-25-21(26)14-27-20-12-8-6-10-18(20)22(2,3)4/h5-13,24H,14H2,1-4H3,(H,25,26)/b23-13-. The van der Waals surface area contributed by atoms with Gasteiger partial charge in [-0.15, -0.1) is 0 Å². The summed E-state index contributed by atoms with van der Waals surface area (Å²) in [6, 6.07) is 15.8. The van der Waals surface area contributed by atoms with Gasteiger partial charge in [-0.3, -0.25) is 4.79 Å². The van der Waals surface area contributed by atoms with Crippen LogP contribution in [-0.2, 0) is 10.2 Å². The second kappa shape index (κ2) is 7.66. The normalized spacial score (nSPS) is 11.9. The number of para-hydroxylation sites is 2. The molecule has 27 heavy (non-hydrogen) atoms. The number of aryl methyl sites for hydroxylation is 1. The molecule has 1 aromatic heterocycles. The fraction of sp³-hybridized carbons (Fsp3) is 0.273. The third kappa shape index (κ3) is 4.37. The Kier molecular flexibility index (Phi) is 5.31. The summed E-state index contributed by atoms with van der Waals surface area (Å²) in [6.07, 6.45) is 1.66. The van der Waals surface area contributed by atoms with E-state index in [9.17, 15) is 4.79 Å². The van der Waals surface area contributed by atoms with E-state index in [2.05, 4.69) is 36.3 Å². The van der Waals surface area contributed by atoms with Gasteiger partial charge in [0.15, 0.2) is 6.61 Å². The lowest BCUT2D eigenvalue weighted by Gasteiger charge is -2.22. The van der Waals surface area contributed by atoms with Crippen molar-refractivity contribution in [2.45, 2.75) is 33.1 Å². The van der Waals surface area contributed by atoms with Crippen molar-refractivity contribution in [2.24, 2.45) is 5.10 Å². The molecule has 0 aliphatic heterocycles. The van der Waals surface area contributed by atoms with Gasteiger partial charge in [-0.05, 0) is 30.0 Å². The van der Waals surface area contributed by atoms with Gasteiger partial charge < -0.3 is 9.72 Å². The predicted molar refractivity (Wildman–Crippen MR) is 109 cm³/mol. The largest absolute Gasteiger partial charge is 0.483 e. The molecule has 1 amide bonds. The van der Waals surface area contributed by atoms with Crippen LogP contribution in [0.5, 0.6) is 5.75 Å². The minimum absolute atomic E-state index is 0.0575. The number of amides is 1. The maximum atomic E-state index is 12.1. The van der Waals surface area contributed by atoms with Crippen molar-refractivity contribution >= 4 is 23.0 Å². The van der Waals surface area contributed by atoms with Gasteiger partial charge in [0, 0.05) is 22.2 Å². The van der Waals surface area contributed by atoms with E-state index in [0.717, 1.165) is 33.5 Å². The molecule has 0 bridgehead atoms. The quantitative estimate of drug-likeness (QED) is 0.524. The van der Waals surface area contributed by atoms with Crippen molar-refractivity contribution in [1.29, 1.82) is 0 Å². The molecule has 0 unspecified atom stereocenters. The maximum Gasteiger partial charge on any atom is 0.277 e. The Labute approximate surface area is 159 Å². The van der Waals surface area contributed by atoms with Crippen LogP contribution in [-0.4, -0.2) is 23.7 Å². The molecule has 0 radical (unpaired) electrons. The second-order valence-electron chi connectivity index (χ2n) is 7.54. The smallest absolute Gasteiger partial charge is 0.277 e. The predicted octanol–water partition coefficient (Wildman–Crippen LogP) is 4.30. The van der Waals surface area contributed by atoms with Gasteiger partial charge in [-0.1, -0.05) is 57.2 Å². The second-order valence-corrected chi connectivity index (χ2v) is 7.54. The Bertz CT molecular complexity index is 981. The van der Waals surface area contributed by atoms with E-state index in [-0.39, 0.29) is 17.9 Å². The summed E-state index contributed by atoms with van der Waals surface area (Å²) in [5, 5.41) is 5.16. The van der Waals surface area contributed by atoms with E-state index in [1.165, 1.54) is 0 Å². The van der Waals surface area contributed by atoms with Crippen molar-refractivity contribution < 1.29 is 9.53 Å². The molecule has 140 valence electrons. The summed E-state index contributed by atoms with van der Waals surface area (Å²) in [7, 11) is 0. The Morgan fingerprint density at radius 2 is 1.85 bits per heavy atom. The lowest BCUT2D eigenvalue weighted by Crippen LogP contribution is -2.25. The van der Waals surface area contributed by atoms with Crippen LogP contribution in [0.3, 0.4) is 0 Å². The number of aromatic nitrogens is 1. The Morgan fingerprint density at radius 3 is 2.63 bits per heavy atom. The topological polar surface area (TPSA) is 66.5 Å². The minimum Gasteiger partial charge on any atom is -0.483 e. The van der Waals surface area contributed by atoms with Crippen LogP contribution >= 0.6 is 0 Å². The zero-order valence-electron chi connectivity index (χ0n) is 16.2. The van der Waals surface area contributed by atoms with E-state index in [1.807, 2.05) is 55.5 Å². The molecular weight excluding hydrogens is 338 g/mol. The molecule has 5 nitrogen and oxygen atoms in total. The molecule has 0 spiro atoms. The van der Waals surface area contributed by atoms with Crippen LogP contribution in [0.15, 0.2) is 53.6 Å². The number of benzene rings is 2. The van der Waals surface area contributed by atoms with Crippen LogP contribution in [0.4, 0.5) is 0 Å². The number of hydrogen-bond acceptors (Lipinski definition) is 3. The van der Waals surface area contributed by atoms with Gasteiger partial charge in [0.2, 0.25) is 0 Å². The fourth-order valence-electron chi connectivity index (χ4n) is 3.02. The summed E-state index contributed by atoms with van der Waals surface area (Å²) < 4.78 is 5.72. The van der Waals surface area contributed by atoms with Gasteiger partial charge >= 0.3 is 0 Å². The first kappa shape index (κ1) is 18.7. The Morgan fingerprint density at radius 1 is 1.15 bits per heavy atom. The number of carbonyl (C=O) groups is 1. The number of aromatic amines is 1. The van der Waals surface area contributed by atoms with Gasteiger partial charge in [-0.25, -0.2) is 5.43 Å². The highest BCUT2D eigenvalue weighted by Crippen LogP contribution is 2.30. The molecule has 2 N–H and O–H groups in total. The number of H-pyrrole nitrogens is 1. The average molecular weight is 363 g/mol. The number of nitrogens with zero attached hydrogens (tertiary/aromatic N) is 1. The molecule has 0 aliphatic carbocycles. The van der Waals surface area contributed by atoms with Crippen molar-refractivity contribution in [3.63, 3.8) is 0 Å². The number of hydrogen-bond donors (Lipinski definition) is 2. The molecule has 0 saturated carbocycles. The summed E-state index contributed by atoms with van der Waals surface area (Å²) in [4.78, 5) is 15.4. The number of ether oxygens (including phenoxy) is 1. The SMILES string of the molecule is Cc1[nH]c2ccccc2c1/C=N\NC(=O)COc1ccccc1C(C)(C)C. The monoisotopic (exact) mass is 363 g/mol. The number of carbonyl (C=O) groups excluding carboxylic acids is 1. The van der Waals surface area contributed by atoms with Crippen LogP contribution in [0.1, 0.15) is 37.6 Å². The highest BCUT2D eigenvalue weighted by atomic mass is 16.5. The first-order valence-electron chi connectivity index (χ1n) is 8.98. The highest BCUT2D eigenvalue weighted by molar-refractivity contribution is 6.00. The molecule has 3 rings (SSSR count). The minimum atomic E-state index is -0.299. The van der Waals surface area contributed by atoms with E-state index >= 15 is 0 Å². The molecular formula is C22H25N3O2. The lowest BCUT2D eigenvalue weighted by molar-refractivity contribution is -0.123. The lowest BCUT2D eigenvalue weighted by atomic mass is 9.86. The zero-order valence-corrected chi connectivity index (χ0v) is 16.2. The number of nitrogens with one attached hydrogen (secondary N) is 2. The average Bonchev–Trinajstić information content (AvgIpc) is 2.95.